The predicted molar refractivity (Wildman–Crippen MR) is 56.3 cm³/mol. The topological polar surface area (TPSA) is 40.5 Å². The average Bonchev–Trinajstić information content (AvgIpc) is 2.28. The van der Waals surface area contributed by atoms with Crippen LogP contribution in [0.15, 0.2) is 11.6 Å². The summed E-state index contributed by atoms with van der Waals surface area (Å²) in [6.07, 6.45) is -1.92. The highest BCUT2D eigenvalue weighted by atomic mass is 19.4. The van der Waals surface area contributed by atoms with Gasteiger partial charge in [0.2, 0.25) is 5.91 Å². The van der Waals surface area contributed by atoms with E-state index in [0.29, 0.717) is 12.8 Å². The molecule has 1 heterocycles. The zero-order chi connectivity index (χ0) is 12.9. The van der Waals surface area contributed by atoms with Gasteiger partial charge in [0, 0.05) is 31.7 Å². The quantitative estimate of drug-likeness (QED) is 0.612. The van der Waals surface area contributed by atoms with Crippen molar-refractivity contribution < 1.29 is 23.1 Å². The van der Waals surface area contributed by atoms with E-state index in [1.54, 1.807) is 0 Å². The van der Waals surface area contributed by atoms with Gasteiger partial charge in [0.05, 0.1) is 0 Å². The van der Waals surface area contributed by atoms with Crippen LogP contribution in [-0.4, -0.2) is 41.8 Å². The SMILES string of the molecule is O=C(CCCCO)N1CC=C(C(F)(F)F)CC1. The lowest BCUT2D eigenvalue weighted by atomic mass is 10.1. The largest absolute Gasteiger partial charge is 0.412 e. The van der Waals surface area contributed by atoms with Crippen molar-refractivity contribution in [2.45, 2.75) is 31.9 Å². The summed E-state index contributed by atoms with van der Waals surface area (Å²) < 4.78 is 37.0. The molecule has 0 aromatic rings. The maximum absolute atomic E-state index is 12.3. The molecule has 6 heteroatoms. The lowest BCUT2D eigenvalue weighted by molar-refractivity contribution is -0.132. The lowest BCUT2D eigenvalue weighted by Gasteiger charge is -2.27. The Kier molecular flexibility index (Phi) is 4.99. The molecule has 17 heavy (non-hydrogen) atoms. The van der Waals surface area contributed by atoms with Gasteiger partial charge in [-0.3, -0.25) is 4.79 Å². The van der Waals surface area contributed by atoms with Crippen LogP contribution in [-0.2, 0) is 4.79 Å². The van der Waals surface area contributed by atoms with Crippen molar-refractivity contribution in [1.82, 2.24) is 4.90 Å². The molecule has 1 aliphatic rings. The Bertz CT molecular complexity index is 300. The van der Waals surface area contributed by atoms with Crippen LogP contribution in [0.4, 0.5) is 13.2 Å². The second-order valence-electron chi connectivity index (χ2n) is 4.00. The van der Waals surface area contributed by atoms with Crippen molar-refractivity contribution in [1.29, 1.82) is 0 Å². The first kappa shape index (κ1) is 14.0. The first-order valence-electron chi connectivity index (χ1n) is 5.60. The maximum atomic E-state index is 12.3. The molecule has 0 bridgehead atoms. The molecule has 0 spiro atoms. The van der Waals surface area contributed by atoms with E-state index in [-0.39, 0.29) is 38.4 Å². The van der Waals surface area contributed by atoms with Gasteiger partial charge < -0.3 is 10.0 Å². The van der Waals surface area contributed by atoms with Gasteiger partial charge in [0.15, 0.2) is 0 Å². The minimum absolute atomic E-state index is 0.0331. The monoisotopic (exact) mass is 251 g/mol. The van der Waals surface area contributed by atoms with Gasteiger partial charge in [-0.15, -0.1) is 0 Å². The molecular formula is C11H16F3NO2. The van der Waals surface area contributed by atoms with Crippen LogP contribution in [0.5, 0.6) is 0 Å². The molecule has 0 saturated carbocycles. The van der Waals surface area contributed by atoms with Gasteiger partial charge in [-0.2, -0.15) is 13.2 Å². The van der Waals surface area contributed by atoms with Crippen LogP contribution >= 0.6 is 0 Å². The first-order chi connectivity index (χ1) is 7.95. The summed E-state index contributed by atoms with van der Waals surface area (Å²) in [7, 11) is 0. The zero-order valence-electron chi connectivity index (χ0n) is 9.46. The van der Waals surface area contributed by atoms with Gasteiger partial charge in [-0.25, -0.2) is 0 Å². The molecule has 98 valence electrons. The van der Waals surface area contributed by atoms with E-state index in [1.807, 2.05) is 0 Å². The maximum Gasteiger partial charge on any atom is 0.412 e. The molecule has 1 amide bonds. The minimum Gasteiger partial charge on any atom is -0.396 e. The van der Waals surface area contributed by atoms with Gasteiger partial charge in [0.1, 0.15) is 0 Å². The van der Waals surface area contributed by atoms with Crippen LogP contribution in [0.3, 0.4) is 0 Å². The van der Waals surface area contributed by atoms with E-state index in [0.717, 1.165) is 6.08 Å². The number of halogens is 3. The Labute approximate surface area is 97.9 Å². The number of nitrogens with zero attached hydrogens (tertiary/aromatic N) is 1. The van der Waals surface area contributed by atoms with Crippen molar-refractivity contribution in [2.75, 3.05) is 19.7 Å². The number of carbonyl (C=O) groups is 1. The predicted octanol–water partition coefficient (Wildman–Crippen LogP) is 1.87. The standard InChI is InChI=1S/C11H16F3NO2/c12-11(13,14)9-4-6-15(7-5-9)10(17)3-1-2-8-16/h4,16H,1-3,5-8H2. The third-order valence-corrected chi connectivity index (χ3v) is 2.72. The summed E-state index contributed by atoms with van der Waals surface area (Å²) >= 11 is 0. The molecule has 1 N–H and O–H groups in total. The number of alkyl halides is 3. The number of aliphatic hydroxyl groups excluding tert-OH is 1. The Morgan fingerprint density at radius 3 is 2.59 bits per heavy atom. The van der Waals surface area contributed by atoms with Gasteiger partial charge in [0.25, 0.3) is 0 Å². The number of hydrogen-bond donors (Lipinski definition) is 1. The van der Waals surface area contributed by atoms with Crippen LogP contribution in [0, 0.1) is 0 Å². The summed E-state index contributed by atoms with van der Waals surface area (Å²) in [5, 5.41) is 8.55. The Morgan fingerprint density at radius 1 is 1.41 bits per heavy atom. The molecule has 0 aromatic heterocycles. The van der Waals surface area contributed by atoms with E-state index in [1.165, 1.54) is 4.90 Å². The number of unbranched alkanes of at least 4 members (excludes halogenated alkanes) is 1. The second kappa shape index (κ2) is 6.05. The highest BCUT2D eigenvalue weighted by Crippen LogP contribution is 2.30. The van der Waals surface area contributed by atoms with Crippen LogP contribution in [0.1, 0.15) is 25.7 Å². The smallest absolute Gasteiger partial charge is 0.396 e. The fraction of sp³-hybridized carbons (Fsp3) is 0.727. The second-order valence-corrected chi connectivity index (χ2v) is 4.00. The molecule has 0 aliphatic carbocycles. The van der Waals surface area contributed by atoms with Crippen molar-refractivity contribution >= 4 is 5.91 Å². The summed E-state index contributed by atoms with van der Waals surface area (Å²) in [6.45, 7) is 0.196. The summed E-state index contributed by atoms with van der Waals surface area (Å²) in [5.41, 5.74) is -0.545. The molecule has 0 unspecified atom stereocenters. The third kappa shape index (κ3) is 4.38. The third-order valence-electron chi connectivity index (χ3n) is 2.72. The van der Waals surface area contributed by atoms with Gasteiger partial charge in [-0.1, -0.05) is 6.08 Å². The highest BCUT2D eigenvalue weighted by molar-refractivity contribution is 5.76. The fourth-order valence-corrected chi connectivity index (χ4v) is 1.70. The highest BCUT2D eigenvalue weighted by Gasteiger charge is 2.35. The summed E-state index contributed by atoms with van der Waals surface area (Å²) in [5.74, 6) is -0.143. The van der Waals surface area contributed by atoms with Crippen LogP contribution in [0.25, 0.3) is 0 Å². The molecule has 3 nitrogen and oxygen atoms in total. The van der Waals surface area contributed by atoms with Gasteiger partial charge >= 0.3 is 6.18 Å². The fourth-order valence-electron chi connectivity index (χ4n) is 1.70. The summed E-state index contributed by atoms with van der Waals surface area (Å²) in [6, 6.07) is 0. The lowest BCUT2D eigenvalue weighted by Crippen LogP contribution is -2.36. The number of hydrogen-bond acceptors (Lipinski definition) is 2. The van der Waals surface area contributed by atoms with Crippen molar-refractivity contribution in [3.05, 3.63) is 11.6 Å². The Balaban J connectivity index is 2.41. The summed E-state index contributed by atoms with van der Waals surface area (Å²) in [4.78, 5) is 13.0. The van der Waals surface area contributed by atoms with E-state index >= 15 is 0 Å². The van der Waals surface area contributed by atoms with Crippen molar-refractivity contribution in [2.24, 2.45) is 0 Å². The number of amides is 1. The average molecular weight is 251 g/mol. The molecule has 0 fully saturated rings. The number of rotatable bonds is 4. The Hall–Kier alpha value is -1.04. The first-order valence-corrected chi connectivity index (χ1v) is 5.60. The molecule has 1 aliphatic heterocycles. The molecule has 1 rings (SSSR count). The van der Waals surface area contributed by atoms with E-state index in [9.17, 15) is 18.0 Å². The van der Waals surface area contributed by atoms with Crippen molar-refractivity contribution in [3.8, 4) is 0 Å². The molecule has 0 radical (unpaired) electrons. The molecule has 0 atom stereocenters. The van der Waals surface area contributed by atoms with Crippen molar-refractivity contribution in [3.63, 3.8) is 0 Å². The normalized spacial score (nSPS) is 16.9. The molecule has 0 aromatic carbocycles. The zero-order valence-corrected chi connectivity index (χ0v) is 9.46. The minimum atomic E-state index is -4.27. The molecule has 0 saturated heterocycles. The van der Waals surface area contributed by atoms with E-state index < -0.39 is 11.7 Å². The molecular weight excluding hydrogens is 235 g/mol. The number of carbonyl (C=O) groups excluding carboxylic acids is 1. The van der Waals surface area contributed by atoms with Gasteiger partial charge in [-0.05, 0) is 19.3 Å². The van der Waals surface area contributed by atoms with E-state index in [4.69, 9.17) is 5.11 Å². The van der Waals surface area contributed by atoms with Crippen LogP contribution < -0.4 is 0 Å². The van der Waals surface area contributed by atoms with Crippen LogP contribution in [0.2, 0.25) is 0 Å². The van der Waals surface area contributed by atoms with E-state index in [2.05, 4.69) is 0 Å². The Morgan fingerprint density at radius 2 is 2.12 bits per heavy atom. The number of aliphatic hydroxyl groups is 1.